The van der Waals surface area contributed by atoms with Crippen molar-refractivity contribution in [1.29, 1.82) is 0 Å². The lowest BCUT2D eigenvalue weighted by Crippen LogP contribution is -2.02. The second kappa shape index (κ2) is 7.31. The van der Waals surface area contributed by atoms with Crippen molar-refractivity contribution in [3.8, 4) is 11.4 Å². The number of rotatable bonds is 5. The fraction of sp³-hybridized carbons (Fsp3) is 0.111. The summed E-state index contributed by atoms with van der Waals surface area (Å²) in [6.45, 7) is 0. The van der Waals surface area contributed by atoms with Crippen molar-refractivity contribution in [2.75, 3.05) is 0 Å². The maximum absolute atomic E-state index is 10.9. The Morgan fingerprint density at radius 1 is 1.08 bits per heavy atom. The summed E-state index contributed by atoms with van der Waals surface area (Å²) < 4.78 is 0. The summed E-state index contributed by atoms with van der Waals surface area (Å²) >= 11 is 3.45. The summed E-state index contributed by atoms with van der Waals surface area (Å²) in [5, 5.41) is 11.6. The van der Waals surface area contributed by atoms with Crippen LogP contribution < -0.4 is 0 Å². The molecule has 0 saturated carbocycles. The Bertz CT molecular complexity index is 869. The van der Waals surface area contributed by atoms with E-state index in [-0.39, 0.29) is 10.6 Å². The third-order valence-corrected chi connectivity index (χ3v) is 4.23. The van der Waals surface area contributed by atoms with Crippen LogP contribution >= 0.6 is 15.9 Å². The van der Waals surface area contributed by atoms with E-state index in [0.29, 0.717) is 17.6 Å². The van der Waals surface area contributed by atoms with Crippen molar-refractivity contribution in [3.05, 3.63) is 87.7 Å². The van der Waals surface area contributed by atoms with Crippen molar-refractivity contribution in [1.82, 2.24) is 9.97 Å². The Balaban J connectivity index is 1.97. The van der Waals surface area contributed by atoms with E-state index < -0.39 is 0 Å². The van der Waals surface area contributed by atoms with E-state index in [9.17, 15) is 10.1 Å². The Morgan fingerprint density at radius 3 is 2.58 bits per heavy atom. The molecule has 0 spiro atoms. The lowest BCUT2D eigenvalue weighted by Gasteiger charge is -2.09. The summed E-state index contributed by atoms with van der Waals surface area (Å²) in [6, 6.07) is 16.4. The molecule has 0 aliphatic rings. The summed E-state index contributed by atoms with van der Waals surface area (Å²) in [7, 11) is 0. The number of nitrogens with zero attached hydrogens (tertiary/aromatic N) is 3. The number of aromatic nitrogens is 2. The lowest BCUT2D eigenvalue weighted by atomic mass is 10.1. The van der Waals surface area contributed by atoms with E-state index in [4.69, 9.17) is 0 Å². The molecule has 3 rings (SSSR count). The molecule has 24 heavy (non-hydrogen) atoms. The minimum absolute atomic E-state index is 0.0882. The zero-order valence-corrected chi connectivity index (χ0v) is 14.3. The van der Waals surface area contributed by atoms with Crippen molar-refractivity contribution < 1.29 is 4.92 Å². The topological polar surface area (TPSA) is 68.9 Å². The van der Waals surface area contributed by atoms with Gasteiger partial charge in [-0.2, -0.15) is 0 Å². The molecular formula is C18H14BrN3O2. The Labute approximate surface area is 147 Å². The first-order valence-corrected chi connectivity index (χ1v) is 8.49. The zero-order chi connectivity index (χ0) is 16.9. The molecule has 0 aliphatic carbocycles. The van der Waals surface area contributed by atoms with Crippen LogP contribution in [0.2, 0.25) is 0 Å². The molecule has 1 heterocycles. The van der Waals surface area contributed by atoms with Gasteiger partial charge in [-0.05, 0) is 5.56 Å². The Kier molecular flexibility index (Phi) is 4.96. The van der Waals surface area contributed by atoms with Crippen LogP contribution in [-0.2, 0) is 11.8 Å². The highest BCUT2D eigenvalue weighted by Gasteiger charge is 2.11. The van der Waals surface area contributed by atoms with Crippen molar-refractivity contribution >= 4 is 21.6 Å². The predicted octanol–water partition coefficient (Wildman–Crippen LogP) is 4.54. The summed E-state index contributed by atoms with van der Waals surface area (Å²) in [5.41, 5.74) is 3.72. The van der Waals surface area contributed by atoms with Crippen molar-refractivity contribution in [2.24, 2.45) is 0 Å². The first-order valence-electron chi connectivity index (χ1n) is 7.37. The highest BCUT2D eigenvalue weighted by atomic mass is 79.9. The average molecular weight is 384 g/mol. The van der Waals surface area contributed by atoms with Gasteiger partial charge in [0.25, 0.3) is 5.69 Å². The Hall–Kier alpha value is -2.60. The first kappa shape index (κ1) is 16.3. The standard InChI is InChI=1S/C18H14BrN3O2/c19-11-15-12-20-18(14-6-2-1-3-7-14)21-17(15)10-13-5-4-8-16(9-13)22(23)24/h1-9,12H,10-11H2. The number of benzene rings is 2. The van der Waals surface area contributed by atoms with Gasteiger partial charge >= 0.3 is 0 Å². The van der Waals surface area contributed by atoms with E-state index in [2.05, 4.69) is 25.9 Å². The monoisotopic (exact) mass is 383 g/mol. The van der Waals surface area contributed by atoms with Crippen LogP contribution in [0, 0.1) is 10.1 Å². The molecule has 0 fully saturated rings. The van der Waals surface area contributed by atoms with Gasteiger partial charge < -0.3 is 0 Å². The van der Waals surface area contributed by atoms with Crippen LogP contribution in [0.3, 0.4) is 0 Å². The molecule has 2 aromatic carbocycles. The minimum atomic E-state index is -0.385. The van der Waals surface area contributed by atoms with Crippen molar-refractivity contribution in [3.63, 3.8) is 0 Å². The van der Waals surface area contributed by atoms with Gasteiger partial charge in [-0.15, -0.1) is 0 Å². The van der Waals surface area contributed by atoms with Crippen LogP contribution in [0.25, 0.3) is 11.4 Å². The SMILES string of the molecule is O=[N+]([O-])c1cccc(Cc2nc(-c3ccccc3)ncc2CBr)c1. The smallest absolute Gasteiger partial charge is 0.258 e. The molecule has 1 aromatic heterocycles. The third kappa shape index (κ3) is 3.65. The normalized spacial score (nSPS) is 10.5. The van der Waals surface area contributed by atoms with Gasteiger partial charge in [-0.25, -0.2) is 9.97 Å². The number of alkyl halides is 1. The molecule has 0 N–H and O–H groups in total. The van der Waals surface area contributed by atoms with Crippen LogP contribution in [-0.4, -0.2) is 14.9 Å². The Morgan fingerprint density at radius 2 is 1.88 bits per heavy atom. The van der Waals surface area contributed by atoms with E-state index in [1.165, 1.54) is 6.07 Å². The number of non-ortho nitro benzene ring substituents is 1. The molecule has 3 aromatic rings. The molecular weight excluding hydrogens is 370 g/mol. The maximum atomic E-state index is 10.9. The summed E-state index contributed by atoms with van der Waals surface area (Å²) in [4.78, 5) is 19.6. The van der Waals surface area contributed by atoms with Gasteiger partial charge in [0.15, 0.2) is 5.82 Å². The molecule has 6 heteroatoms. The van der Waals surface area contributed by atoms with Crippen LogP contribution in [0.15, 0.2) is 60.8 Å². The first-order chi connectivity index (χ1) is 11.7. The van der Waals surface area contributed by atoms with Crippen LogP contribution in [0.5, 0.6) is 0 Å². The number of nitro benzene ring substituents is 1. The minimum Gasteiger partial charge on any atom is -0.258 e. The van der Waals surface area contributed by atoms with Gasteiger partial charge in [0, 0.05) is 41.2 Å². The number of hydrogen-bond acceptors (Lipinski definition) is 4. The highest BCUT2D eigenvalue weighted by molar-refractivity contribution is 9.08. The molecule has 0 unspecified atom stereocenters. The van der Waals surface area contributed by atoms with E-state index in [1.54, 1.807) is 18.3 Å². The number of hydrogen-bond donors (Lipinski definition) is 0. The highest BCUT2D eigenvalue weighted by Crippen LogP contribution is 2.21. The molecule has 5 nitrogen and oxygen atoms in total. The molecule has 0 atom stereocenters. The molecule has 0 amide bonds. The lowest BCUT2D eigenvalue weighted by molar-refractivity contribution is -0.384. The van der Waals surface area contributed by atoms with Crippen molar-refractivity contribution in [2.45, 2.75) is 11.8 Å². The van der Waals surface area contributed by atoms with Gasteiger partial charge in [0.1, 0.15) is 0 Å². The molecule has 0 bridgehead atoms. The summed E-state index contributed by atoms with van der Waals surface area (Å²) in [5.74, 6) is 0.653. The second-order valence-corrected chi connectivity index (χ2v) is 5.83. The van der Waals surface area contributed by atoms with E-state index >= 15 is 0 Å². The maximum Gasteiger partial charge on any atom is 0.269 e. The predicted molar refractivity (Wildman–Crippen MR) is 96.0 cm³/mol. The quantitative estimate of drug-likeness (QED) is 0.368. The van der Waals surface area contributed by atoms with Crippen LogP contribution in [0.4, 0.5) is 5.69 Å². The molecule has 0 saturated heterocycles. The molecule has 0 radical (unpaired) electrons. The van der Waals surface area contributed by atoms with Crippen LogP contribution in [0.1, 0.15) is 16.8 Å². The second-order valence-electron chi connectivity index (χ2n) is 5.27. The number of halogens is 1. The van der Waals surface area contributed by atoms with Gasteiger partial charge in [-0.1, -0.05) is 58.4 Å². The molecule has 0 aliphatic heterocycles. The number of nitro groups is 1. The van der Waals surface area contributed by atoms with Gasteiger partial charge in [-0.3, -0.25) is 10.1 Å². The van der Waals surface area contributed by atoms with Gasteiger partial charge in [0.05, 0.1) is 10.6 Å². The average Bonchev–Trinajstić information content (AvgIpc) is 2.62. The van der Waals surface area contributed by atoms with E-state index in [1.807, 2.05) is 36.4 Å². The fourth-order valence-electron chi connectivity index (χ4n) is 2.41. The third-order valence-electron chi connectivity index (χ3n) is 3.62. The van der Waals surface area contributed by atoms with Gasteiger partial charge in [0.2, 0.25) is 0 Å². The zero-order valence-electron chi connectivity index (χ0n) is 12.7. The summed E-state index contributed by atoms with van der Waals surface area (Å²) in [6.07, 6.45) is 2.32. The fourth-order valence-corrected chi connectivity index (χ4v) is 2.87. The largest absolute Gasteiger partial charge is 0.269 e. The van der Waals surface area contributed by atoms with E-state index in [0.717, 1.165) is 22.4 Å². The molecule has 120 valence electrons.